The second-order valence-corrected chi connectivity index (χ2v) is 14.3. The van der Waals surface area contributed by atoms with Gasteiger partial charge in [0.2, 0.25) is 5.91 Å². The van der Waals surface area contributed by atoms with Crippen molar-refractivity contribution in [2.75, 3.05) is 44.5 Å². The fourth-order valence-corrected chi connectivity index (χ4v) is 6.70. The average molecular weight is 638 g/mol. The molecule has 2 atom stereocenters. The second-order valence-electron chi connectivity index (χ2n) is 12.6. The van der Waals surface area contributed by atoms with Crippen LogP contribution in [0.2, 0.25) is 0 Å². The number of piperazine rings is 1. The zero-order valence-corrected chi connectivity index (χ0v) is 26.4. The average Bonchev–Trinajstić information content (AvgIpc) is 2.97. The van der Waals surface area contributed by atoms with Crippen LogP contribution in [-0.4, -0.2) is 86.4 Å². The summed E-state index contributed by atoms with van der Waals surface area (Å²) in [6, 6.07) is 15.2. The Labute approximate surface area is 257 Å². The van der Waals surface area contributed by atoms with Gasteiger partial charge in [-0.1, -0.05) is 63.2 Å². The zero-order chi connectivity index (χ0) is 32.3. The molecular weight excluding hydrogens is 595 g/mol. The monoisotopic (exact) mass is 637 g/mol. The number of hydrogen-bond acceptors (Lipinski definition) is 5. The summed E-state index contributed by atoms with van der Waals surface area (Å²) in [6.07, 6.45) is 2.00. The molecule has 242 valence electrons. The topological polar surface area (TPSA) is 102 Å². The molecule has 3 amide bonds. The molecule has 44 heavy (non-hydrogen) atoms. The molecule has 2 aliphatic rings. The van der Waals surface area contributed by atoms with Gasteiger partial charge in [-0.05, 0) is 47.4 Å². The van der Waals surface area contributed by atoms with Gasteiger partial charge in [0.1, 0.15) is 0 Å². The van der Waals surface area contributed by atoms with Gasteiger partial charge in [0.05, 0.1) is 6.04 Å². The Morgan fingerprint density at radius 3 is 2.05 bits per heavy atom. The molecule has 1 unspecified atom stereocenters. The summed E-state index contributed by atoms with van der Waals surface area (Å²) in [5.41, 5.74) is -4.06. The van der Waals surface area contributed by atoms with Crippen LogP contribution in [0.3, 0.4) is 0 Å². The van der Waals surface area contributed by atoms with Crippen LogP contribution in [-0.2, 0) is 14.8 Å². The third-order valence-electron chi connectivity index (χ3n) is 8.57. The number of alkyl halides is 3. The Morgan fingerprint density at radius 1 is 0.909 bits per heavy atom. The summed E-state index contributed by atoms with van der Waals surface area (Å²) in [6.45, 7) is 9.27. The normalized spacial score (nSPS) is 19.8. The zero-order valence-electron chi connectivity index (χ0n) is 25.6. The van der Waals surface area contributed by atoms with E-state index < -0.39 is 15.5 Å². The molecule has 2 N–H and O–H groups in total. The fourth-order valence-electron chi connectivity index (χ4n) is 6.14. The van der Waals surface area contributed by atoms with Gasteiger partial charge in [-0.3, -0.25) is 14.4 Å². The van der Waals surface area contributed by atoms with E-state index in [1.807, 2.05) is 35.2 Å². The van der Waals surface area contributed by atoms with Crippen LogP contribution in [0.5, 0.6) is 0 Å². The number of sulfonamides is 1. The first kappa shape index (κ1) is 33.6. The van der Waals surface area contributed by atoms with E-state index in [1.165, 1.54) is 12.1 Å². The number of piperidine rings is 1. The number of rotatable bonds is 7. The summed E-state index contributed by atoms with van der Waals surface area (Å²) in [4.78, 5) is 31.7. The molecule has 2 fully saturated rings. The van der Waals surface area contributed by atoms with Crippen molar-refractivity contribution in [3.63, 3.8) is 0 Å². The van der Waals surface area contributed by atoms with Gasteiger partial charge in [0.25, 0.3) is 0 Å². The number of urea groups is 1. The minimum absolute atomic E-state index is 0.0936. The number of nitrogens with one attached hydrogen (secondary N) is 2. The number of halogens is 3. The predicted octanol–water partition coefficient (Wildman–Crippen LogP) is 5.04. The maximum atomic E-state index is 13.7. The van der Waals surface area contributed by atoms with Crippen LogP contribution in [0.15, 0.2) is 54.6 Å². The fraction of sp³-hybridized carbons (Fsp3) is 0.548. The highest BCUT2D eigenvalue weighted by atomic mass is 32.2. The van der Waals surface area contributed by atoms with E-state index in [9.17, 15) is 31.2 Å². The van der Waals surface area contributed by atoms with Gasteiger partial charge < -0.3 is 15.1 Å². The molecule has 0 bridgehead atoms. The maximum absolute atomic E-state index is 13.7. The SMILES string of the molecule is CNC(=O)N1CCC(CC(=O)N2CCN(C(c3ccccc3)c3ccc(NS(=O)(=O)C(F)(F)F)cc3)C[C@@H]2C(C)(C)C)CC1. The van der Waals surface area contributed by atoms with Gasteiger partial charge in [-0.2, -0.15) is 21.6 Å². The van der Waals surface area contributed by atoms with E-state index in [1.54, 1.807) is 28.8 Å². The van der Waals surface area contributed by atoms with Gasteiger partial charge in [0, 0.05) is 57.9 Å². The number of benzene rings is 2. The molecule has 9 nitrogen and oxygen atoms in total. The first-order chi connectivity index (χ1) is 20.6. The lowest BCUT2D eigenvalue weighted by molar-refractivity contribution is -0.141. The molecule has 2 aliphatic heterocycles. The van der Waals surface area contributed by atoms with Crippen LogP contribution in [0.4, 0.5) is 23.7 Å². The number of likely N-dealkylation sites (tertiary alicyclic amines) is 1. The Balaban J connectivity index is 1.53. The number of carbonyl (C=O) groups excluding carboxylic acids is 2. The lowest BCUT2D eigenvalue weighted by Crippen LogP contribution is -2.60. The molecule has 0 spiro atoms. The third kappa shape index (κ3) is 7.84. The van der Waals surface area contributed by atoms with E-state index in [2.05, 4.69) is 31.0 Å². The van der Waals surface area contributed by atoms with Crippen molar-refractivity contribution in [3.05, 3.63) is 65.7 Å². The van der Waals surface area contributed by atoms with Crippen molar-refractivity contribution in [3.8, 4) is 0 Å². The summed E-state index contributed by atoms with van der Waals surface area (Å²) in [5, 5.41) is 2.66. The Hall–Kier alpha value is -3.32. The quantitative estimate of drug-likeness (QED) is 0.443. The molecule has 2 heterocycles. The van der Waals surface area contributed by atoms with Crippen LogP contribution < -0.4 is 10.0 Å². The number of anilines is 1. The minimum Gasteiger partial charge on any atom is -0.341 e. The molecular formula is C31H42F3N5O4S. The number of amides is 3. The van der Waals surface area contributed by atoms with E-state index in [4.69, 9.17) is 0 Å². The van der Waals surface area contributed by atoms with Crippen molar-refractivity contribution in [1.29, 1.82) is 0 Å². The van der Waals surface area contributed by atoms with Crippen molar-refractivity contribution in [1.82, 2.24) is 20.0 Å². The summed E-state index contributed by atoms with van der Waals surface area (Å²) in [5.74, 6) is 0.327. The van der Waals surface area contributed by atoms with Crippen molar-refractivity contribution in [2.24, 2.45) is 11.3 Å². The van der Waals surface area contributed by atoms with Crippen molar-refractivity contribution >= 4 is 27.6 Å². The first-order valence-corrected chi connectivity index (χ1v) is 16.3. The minimum atomic E-state index is -5.53. The largest absolute Gasteiger partial charge is 0.516 e. The molecule has 0 aliphatic carbocycles. The van der Waals surface area contributed by atoms with Gasteiger partial charge in [0.15, 0.2) is 0 Å². The Morgan fingerprint density at radius 2 is 1.50 bits per heavy atom. The molecule has 0 radical (unpaired) electrons. The molecule has 13 heteroatoms. The van der Waals surface area contributed by atoms with Crippen LogP contribution in [0, 0.1) is 11.3 Å². The standard InChI is InChI=1S/C31H42F3N5O4S/c1-30(2,3)26-21-38(18-19-39(26)27(40)20-22-14-16-37(17-15-22)29(41)35-4)28(23-8-6-5-7-9-23)24-10-12-25(13-11-24)36-44(42,43)31(32,33)34/h5-13,22,26,28,36H,14-21H2,1-4H3,(H,35,41)/t26-,28?/m1/s1. The molecule has 0 saturated carbocycles. The van der Waals surface area contributed by atoms with E-state index in [0.717, 1.165) is 24.0 Å². The summed E-state index contributed by atoms with van der Waals surface area (Å²) >= 11 is 0. The maximum Gasteiger partial charge on any atom is 0.516 e. The number of carbonyl (C=O) groups is 2. The molecule has 2 saturated heterocycles. The van der Waals surface area contributed by atoms with Gasteiger partial charge >= 0.3 is 21.6 Å². The molecule has 2 aromatic carbocycles. The lowest BCUT2D eigenvalue weighted by atomic mass is 9.82. The molecule has 4 rings (SSSR count). The van der Waals surface area contributed by atoms with Crippen molar-refractivity contribution in [2.45, 2.75) is 57.6 Å². The van der Waals surface area contributed by atoms with Gasteiger partial charge in [-0.15, -0.1) is 0 Å². The Kier molecular flexibility index (Phi) is 10.2. The molecule has 2 aromatic rings. The smallest absolute Gasteiger partial charge is 0.341 e. The Bertz CT molecular complexity index is 1390. The lowest BCUT2D eigenvalue weighted by Gasteiger charge is -2.50. The molecule has 0 aromatic heterocycles. The van der Waals surface area contributed by atoms with E-state index in [-0.39, 0.29) is 41.0 Å². The highest BCUT2D eigenvalue weighted by Crippen LogP contribution is 2.36. The van der Waals surface area contributed by atoms with E-state index >= 15 is 0 Å². The highest BCUT2D eigenvalue weighted by Gasteiger charge is 2.46. The summed E-state index contributed by atoms with van der Waals surface area (Å²) in [7, 11) is -3.92. The third-order valence-corrected chi connectivity index (χ3v) is 9.69. The predicted molar refractivity (Wildman–Crippen MR) is 163 cm³/mol. The van der Waals surface area contributed by atoms with E-state index in [0.29, 0.717) is 39.1 Å². The number of nitrogens with zero attached hydrogens (tertiary/aromatic N) is 3. The number of hydrogen-bond donors (Lipinski definition) is 2. The van der Waals surface area contributed by atoms with Crippen LogP contribution in [0.25, 0.3) is 0 Å². The second kappa shape index (κ2) is 13.4. The van der Waals surface area contributed by atoms with Crippen LogP contribution in [0.1, 0.15) is 57.2 Å². The highest BCUT2D eigenvalue weighted by molar-refractivity contribution is 7.93. The summed E-state index contributed by atoms with van der Waals surface area (Å²) < 4.78 is 63.5. The van der Waals surface area contributed by atoms with Crippen LogP contribution >= 0.6 is 0 Å². The van der Waals surface area contributed by atoms with Gasteiger partial charge in [-0.25, -0.2) is 4.79 Å². The van der Waals surface area contributed by atoms with Crippen molar-refractivity contribution < 1.29 is 31.2 Å². The first-order valence-electron chi connectivity index (χ1n) is 14.8.